The molecule has 0 atom stereocenters. The molecule has 1 saturated carbocycles. The molecule has 0 unspecified atom stereocenters. The van der Waals surface area contributed by atoms with E-state index in [0.29, 0.717) is 6.04 Å². The van der Waals surface area contributed by atoms with Crippen molar-refractivity contribution in [3.05, 3.63) is 10.5 Å². The van der Waals surface area contributed by atoms with E-state index in [2.05, 4.69) is 21.6 Å². The zero-order chi connectivity index (χ0) is 10.6. The zero-order valence-electron chi connectivity index (χ0n) is 8.95. The summed E-state index contributed by atoms with van der Waals surface area (Å²) in [5, 5.41) is 4.50. The molecule has 0 bridgehead atoms. The van der Waals surface area contributed by atoms with E-state index in [1.165, 1.54) is 12.8 Å². The van der Waals surface area contributed by atoms with Gasteiger partial charge < -0.3 is 4.98 Å². The third-order valence-electron chi connectivity index (χ3n) is 3.02. The standard InChI is InChI=1S/C10H14N4S/c1-3-7-8-9(13(2)12-7)14(6-4-5-6)10(15)11-8/h6H,3-5H2,1-2H3,(H,11,15). The van der Waals surface area contributed by atoms with Gasteiger partial charge in [0.1, 0.15) is 5.52 Å². The maximum Gasteiger partial charge on any atom is 0.179 e. The maximum absolute atomic E-state index is 5.36. The SMILES string of the molecule is CCc1nn(C)c2c1[nH]c(=S)n2C1CC1. The van der Waals surface area contributed by atoms with E-state index in [1.54, 1.807) is 0 Å². The Hall–Kier alpha value is -1.10. The molecule has 3 rings (SSSR count). The van der Waals surface area contributed by atoms with Crippen LogP contribution >= 0.6 is 12.2 Å². The second-order valence-corrected chi connectivity index (χ2v) is 4.54. The summed E-state index contributed by atoms with van der Waals surface area (Å²) in [6.07, 6.45) is 3.43. The molecule has 5 heteroatoms. The molecule has 0 spiro atoms. The Labute approximate surface area is 92.9 Å². The van der Waals surface area contributed by atoms with Crippen molar-refractivity contribution in [1.29, 1.82) is 0 Å². The molecule has 0 aliphatic heterocycles. The number of hydrogen-bond acceptors (Lipinski definition) is 2. The van der Waals surface area contributed by atoms with E-state index in [0.717, 1.165) is 28.0 Å². The van der Waals surface area contributed by atoms with Gasteiger partial charge in [-0.25, -0.2) is 0 Å². The number of aromatic amines is 1. The van der Waals surface area contributed by atoms with E-state index in [1.807, 2.05) is 11.7 Å². The average molecular weight is 222 g/mol. The minimum Gasteiger partial charge on any atom is -0.328 e. The van der Waals surface area contributed by atoms with Crippen molar-refractivity contribution in [3.63, 3.8) is 0 Å². The van der Waals surface area contributed by atoms with E-state index < -0.39 is 0 Å². The van der Waals surface area contributed by atoms with E-state index in [9.17, 15) is 0 Å². The summed E-state index contributed by atoms with van der Waals surface area (Å²) in [6, 6.07) is 0.603. The van der Waals surface area contributed by atoms with Gasteiger partial charge in [0.25, 0.3) is 0 Å². The third kappa shape index (κ3) is 1.19. The Bertz CT molecular complexity index is 570. The van der Waals surface area contributed by atoms with Crippen molar-refractivity contribution < 1.29 is 0 Å². The number of rotatable bonds is 2. The minimum atomic E-state index is 0.603. The first-order valence-corrected chi connectivity index (χ1v) is 5.79. The molecule has 2 aromatic heterocycles. The lowest BCUT2D eigenvalue weighted by molar-refractivity contribution is 0.685. The predicted molar refractivity (Wildman–Crippen MR) is 61.5 cm³/mol. The quantitative estimate of drug-likeness (QED) is 0.792. The van der Waals surface area contributed by atoms with Crippen LogP contribution in [-0.2, 0) is 13.5 Å². The first-order valence-electron chi connectivity index (χ1n) is 5.38. The average Bonchev–Trinajstić information content (AvgIpc) is 2.91. The van der Waals surface area contributed by atoms with E-state index in [4.69, 9.17) is 12.2 Å². The summed E-state index contributed by atoms with van der Waals surface area (Å²) >= 11 is 5.36. The zero-order valence-corrected chi connectivity index (χ0v) is 9.77. The van der Waals surface area contributed by atoms with Crippen molar-refractivity contribution in [1.82, 2.24) is 19.3 Å². The lowest BCUT2D eigenvalue weighted by atomic mass is 10.3. The van der Waals surface area contributed by atoms with Crippen molar-refractivity contribution in [3.8, 4) is 0 Å². The van der Waals surface area contributed by atoms with Gasteiger partial charge in [-0.15, -0.1) is 0 Å². The summed E-state index contributed by atoms with van der Waals surface area (Å²) in [5.74, 6) is 0. The van der Waals surface area contributed by atoms with Gasteiger partial charge in [-0.1, -0.05) is 6.92 Å². The minimum absolute atomic E-state index is 0.603. The Morgan fingerprint density at radius 1 is 1.53 bits per heavy atom. The van der Waals surface area contributed by atoms with Crippen LogP contribution in [0.3, 0.4) is 0 Å². The van der Waals surface area contributed by atoms with Crippen LogP contribution in [0.5, 0.6) is 0 Å². The normalized spacial score (nSPS) is 16.4. The summed E-state index contributed by atoms with van der Waals surface area (Å²) in [5.41, 5.74) is 3.38. The van der Waals surface area contributed by atoms with Crippen LogP contribution in [-0.4, -0.2) is 19.3 Å². The van der Waals surface area contributed by atoms with Gasteiger partial charge in [-0.05, 0) is 31.5 Å². The highest BCUT2D eigenvalue weighted by Gasteiger charge is 2.28. The van der Waals surface area contributed by atoms with Gasteiger partial charge in [0, 0.05) is 13.1 Å². The van der Waals surface area contributed by atoms with Crippen molar-refractivity contribution in [2.24, 2.45) is 7.05 Å². The molecule has 0 amide bonds. The van der Waals surface area contributed by atoms with Crippen LogP contribution < -0.4 is 0 Å². The van der Waals surface area contributed by atoms with Crippen LogP contribution in [0.15, 0.2) is 0 Å². The molecule has 1 N–H and O–H groups in total. The Morgan fingerprint density at radius 2 is 2.27 bits per heavy atom. The van der Waals surface area contributed by atoms with E-state index >= 15 is 0 Å². The fourth-order valence-corrected chi connectivity index (χ4v) is 2.49. The molecule has 80 valence electrons. The summed E-state index contributed by atoms with van der Waals surface area (Å²) in [6.45, 7) is 2.12. The van der Waals surface area contributed by atoms with Gasteiger partial charge in [-0.3, -0.25) is 9.25 Å². The smallest absolute Gasteiger partial charge is 0.179 e. The molecule has 1 fully saturated rings. The number of aromatic nitrogens is 4. The first-order chi connectivity index (χ1) is 7.22. The lowest BCUT2D eigenvalue weighted by Gasteiger charge is -2.00. The first kappa shape index (κ1) is 9.15. The number of nitrogens with one attached hydrogen (secondary N) is 1. The highest BCUT2D eigenvalue weighted by Crippen LogP contribution is 2.38. The Balaban J connectivity index is 2.38. The fourth-order valence-electron chi connectivity index (χ4n) is 2.16. The molecular weight excluding hydrogens is 208 g/mol. The molecule has 4 nitrogen and oxygen atoms in total. The van der Waals surface area contributed by atoms with Gasteiger partial charge in [0.05, 0.1) is 5.69 Å². The fraction of sp³-hybridized carbons (Fsp3) is 0.600. The number of nitrogens with zero attached hydrogens (tertiary/aromatic N) is 3. The topological polar surface area (TPSA) is 38.5 Å². The second-order valence-electron chi connectivity index (χ2n) is 4.15. The van der Waals surface area contributed by atoms with Gasteiger partial charge in [-0.2, -0.15) is 5.10 Å². The van der Waals surface area contributed by atoms with Crippen LogP contribution in [0.2, 0.25) is 0 Å². The molecule has 2 aromatic rings. The van der Waals surface area contributed by atoms with Crippen molar-refractivity contribution in [2.45, 2.75) is 32.2 Å². The van der Waals surface area contributed by atoms with Gasteiger partial charge in [0.2, 0.25) is 0 Å². The second kappa shape index (κ2) is 2.95. The predicted octanol–water partition coefficient (Wildman–Crippen LogP) is 2.33. The summed E-state index contributed by atoms with van der Waals surface area (Å²) in [7, 11) is 1.99. The van der Waals surface area contributed by atoms with Crippen LogP contribution in [0, 0.1) is 4.77 Å². The number of H-pyrrole nitrogens is 1. The maximum atomic E-state index is 5.36. The van der Waals surface area contributed by atoms with Crippen LogP contribution in [0.1, 0.15) is 31.5 Å². The van der Waals surface area contributed by atoms with Crippen LogP contribution in [0.25, 0.3) is 11.2 Å². The van der Waals surface area contributed by atoms with Crippen LogP contribution in [0.4, 0.5) is 0 Å². The number of imidazole rings is 1. The molecule has 1 aliphatic rings. The molecule has 1 aliphatic carbocycles. The number of fused-ring (bicyclic) bond motifs is 1. The molecule has 0 saturated heterocycles. The summed E-state index contributed by atoms with van der Waals surface area (Å²) in [4.78, 5) is 3.28. The molecule has 0 radical (unpaired) electrons. The Morgan fingerprint density at radius 3 is 2.87 bits per heavy atom. The van der Waals surface area contributed by atoms with Gasteiger partial charge in [0.15, 0.2) is 10.4 Å². The van der Waals surface area contributed by atoms with E-state index in [-0.39, 0.29) is 0 Å². The number of hydrogen-bond donors (Lipinski definition) is 1. The monoisotopic (exact) mass is 222 g/mol. The molecular formula is C10H14N4S. The highest BCUT2D eigenvalue weighted by atomic mass is 32.1. The molecule has 15 heavy (non-hydrogen) atoms. The van der Waals surface area contributed by atoms with Crippen molar-refractivity contribution in [2.75, 3.05) is 0 Å². The molecule has 0 aromatic carbocycles. The summed E-state index contributed by atoms with van der Waals surface area (Å²) < 4.78 is 5.01. The third-order valence-corrected chi connectivity index (χ3v) is 3.31. The van der Waals surface area contributed by atoms with Gasteiger partial charge >= 0.3 is 0 Å². The largest absolute Gasteiger partial charge is 0.328 e. The Kier molecular flexibility index (Phi) is 1.80. The lowest BCUT2D eigenvalue weighted by Crippen LogP contribution is -2.00. The van der Waals surface area contributed by atoms with Crippen molar-refractivity contribution >= 4 is 23.4 Å². The highest BCUT2D eigenvalue weighted by molar-refractivity contribution is 7.71. The molecule has 2 heterocycles. The number of aryl methyl sites for hydroxylation is 2.